The fourth-order valence-corrected chi connectivity index (χ4v) is 17.6. The number of likely N-dealkylation sites (N-methyl/N-ethyl adjacent to an activating group) is 1. The van der Waals surface area contributed by atoms with Crippen LogP contribution < -0.4 is 15.4 Å². The van der Waals surface area contributed by atoms with E-state index in [0.29, 0.717) is 91.2 Å². The highest BCUT2D eigenvalue weighted by molar-refractivity contribution is 8.15. The third-order valence-corrected chi connectivity index (χ3v) is 22.8. The van der Waals surface area contributed by atoms with Crippen LogP contribution in [0.5, 0.6) is 5.75 Å². The lowest BCUT2D eigenvalue weighted by Crippen LogP contribution is -2.58. The van der Waals surface area contributed by atoms with Crippen molar-refractivity contribution in [3.8, 4) is 5.75 Å². The minimum atomic E-state index is -1.13. The van der Waals surface area contributed by atoms with Gasteiger partial charge in [0.05, 0.1) is 22.4 Å². The van der Waals surface area contributed by atoms with E-state index in [1.54, 1.807) is 59.9 Å². The van der Waals surface area contributed by atoms with Crippen LogP contribution in [0.2, 0.25) is 0 Å². The van der Waals surface area contributed by atoms with Gasteiger partial charge in [0.1, 0.15) is 21.8 Å². The number of ether oxygens (including phenoxy) is 1. The maximum Gasteiger partial charge on any atom is 0.415 e. The molecule has 2 heterocycles. The van der Waals surface area contributed by atoms with E-state index in [-0.39, 0.29) is 122 Å². The minimum absolute atomic E-state index is 0.0253. The van der Waals surface area contributed by atoms with Crippen molar-refractivity contribution in [3.05, 3.63) is 45.5 Å². The molecule has 0 spiro atoms. The van der Waals surface area contributed by atoms with Crippen molar-refractivity contribution in [2.24, 2.45) is 56.7 Å². The van der Waals surface area contributed by atoms with E-state index in [9.17, 15) is 58.8 Å². The second kappa shape index (κ2) is 26.6. The molecule has 19 nitrogen and oxygen atoms in total. The Hall–Kier alpha value is -5.51. The van der Waals surface area contributed by atoms with E-state index in [1.165, 1.54) is 32.9 Å². The number of rotatable bonds is 24. The lowest BCUT2D eigenvalue weighted by molar-refractivity contribution is -0.175. The number of carbonyl (C=O) groups is 8. The van der Waals surface area contributed by atoms with Gasteiger partial charge in [-0.15, -0.1) is 23.1 Å². The summed E-state index contributed by atoms with van der Waals surface area (Å²) >= 11 is 2.60. The Labute approximate surface area is 501 Å². The van der Waals surface area contributed by atoms with E-state index >= 15 is 0 Å². The summed E-state index contributed by atoms with van der Waals surface area (Å²) in [6.07, 6.45) is 8.55. The van der Waals surface area contributed by atoms with Gasteiger partial charge in [-0.2, -0.15) is 0 Å². The first-order valence-electron chi connectivity index (χ1n) is 30.3. The van der Waals surface area contributed by atoms with Crippen molar-refractivity contribution >= 4 is 85.7 Å². The quantitative estimate of drug-likeness (QED) is 0.0423. The molecular formula is C63H88N6O13S2. The number of nitrogens with zero attached hydrogens (tertiary/aromatic N) is 4. The highest BCUT2D eigenvalue weighted by Crippen LogP contribution is 2.68. The number of amides is 4. The van der Waals surface area contributed by atoms with E-state index in [0.717, 1.165) is 51.4 Å². The highest BCUT2D eigenvalue weighted by Gasteiger charge is 2.64. The maximum atomic E-state index is 14.0. The van der Waals surface area contributed by atoms with Gasteiger partial charge in [-0.1, -0.05) is 34.6 Å². The monoisotopic (exact) mass is 1200 g/mol. The smallest absolute Gasteiger partial charge is 0.415 e. The van der Waals surface area contributed by atoms with Crippen LogP contribution in [0, 0.1) is 51.8 Å². The summed E-state index contributed by atoms with van der Waals surface area (Å²) in [5.41, 5.74) is 0.904. The molecule has 1 aliphatic heterocycles. The molecule has 2 aromatic rings. The number of thiazole rings is 1. The zero-order valence-electron chi connectivity index (χ0n) is 50.4. The van der Waals surface area contributed by atoms with Crippen LogP contribution in [-0.2, 0) is 33.6 Å². The van der Waals surface area contributed by atoms with Gasteiger partial charge in [-0.3, -0.25) is 29.0 Å². The third-order valence-electron chi connectivity index (χ3n) is 20.6. The van der Waals surface area contributed by atoms with Gasteiger partial charge < -0.3 is 45.6 Å². The summed E-state index contributed by atoms with van der Waals surface area (Å²) in [5.74, 6) is -0.649. The number of aliphatic hydroxyl groups excluding tert-OH is 2. The maximum absolute atomic E-state index is 14.0. The molecule has 1 aromatic carbocycles. The summed E-state index contributed by atoms with van der Waals surface area (Å²) in [6.45, 7) is 15.7. The van der Waals surface area contributed by atoms with Crippen LogP contribution in [-0.4, -0.2) is 151 Å². The molecule has 0 radical (unpaired) electrons. The van der Waals surface area contributed by atoms with Crippen LogP contribution >= 0.6 is 23.1 Å². The number of allylic oxidation sites excluding steroid dienone is 4. The van der Waals surface area contributed by atoms with E-state index in [2.05, 4.69) is 41.4 Å². The van der Waals surface area contributed by atoms with Gasteiger partial charge in [0.25, 0.3) is 0 Å². The molecular weight excluding hydrogens is 1110 g/mol. The number of fused-ring (bicyclic) bond motifs is 6. The number of aliphatic carboxylic acids is 2. The second-order valence-electron chi connectivity index (χ2n) is 26.2. The molecule has 1 aromatic heterocycles. The van der Waals surface area contributed by atoms with Crippen molar-refractivity contribution in [2.45, 2.75) is 182 Å². The van der Waals surface area contributed by atoms with Gasteiger partial charge in [-0.05, 0) is 163 Å². The van der Waals surface area contributed by atoms with Crippen molar-refractivity contribution in [1.82, 2.24) is 25.4 Å². The molecule has 4 saturated carbocycles. The number of carboxylic acid groups (broad SMARTS) is 2. The Bertz CT molecular complexity index is 2990. The molecule has 2 unspecified atom stereocenters. The molecule has 0 saturated heterocycles. The second-order valence-corrected chi connectivity index (χ2v) is 28.2. The number of aliphatic hydroxyl groups is 2. The summed E-state index contributed by atoms with van der Waals surface area (Å²) < 4.78 is 6.55. The Balaban J connectivity index is 0.799. The Morgan fingerprint density at radius 2 is 1.60 bits per heavy atom. The number of benzene rings is 1. The van der Waals surface area contributed by atoms with Crippen molar-refractivity contribution in [3.63, 3.8) is 0 Å². The van der Waals surface area contributed by atoms with Gasteiger partial charge >= 0.3 is 18.0 Å². The van der Waals surface area contributed by atoms with Gasteiger partial charge in [-0.25, -0.2) is 19.4 Å². The molecule has 0 bridgehead atoms. The number of unbranched alkanes of at least 4 members (excludes halogenated alkanes) is 1. The first kappa shape index (κ1) is 64.5. The van der Waals surface area contributed by atoms with Crippen LogP contribution in [0.4, 0.5) is 4.79 Å². The number of hydrogen-bond acceptors (Lipinski definition) is 15. The average Bonchev–Trinajstić information content (AvgIpc) is 1.44. The summed E-state index contributed by atoms with van der Waals surface area (Å²) in [4.78, 5) is 116. The zero-order chi connectivity index (χ0) is 61.2. The van der Waals surface area contributed by atoms with Crippen molar-refractivity contribution in [1.29, 1.82) is 0 Å². The number of aromatic nitrogens is 1. The Morgan fingerprint density at radius 1 is 0.857 bits per heavy atom. The lowest BCUT2D eigenvalue weighted by Gasteiger charge is -2.62. The summed E-state index contributed by atoms with van der Waals surface area (Å²) in [5, 5.41) is 48.7. The van der Waals surface area contributed by atoms with Crippen LogP contribution in [0.15, 0.2) is 45.5 Å². The number of hydrogen-bond donors (Lipinski definition) is 6. The number of thioether (sulfide) groups is 1. The molecule has 5 aliphatic carbocycles. The molecule has 12 atom stereocenters. The fourth-order valence-electron chi connectivity index (χ4n) is 15.5. The number of nitrogens with one attached hydrogen (secondary N) is 2. The van der Waals surface area contributed by atoms with Crippen LogP contribution in [0.1, 0.15) is 163 Å². The number of Topliss-reactive ketones (excluding diaryl/α,β-unsaturated/α-hetero) is 2. The SMILES string of the molecule is CC1=C(C)C(=O)C(C(C)(C)CC(=O)N(C)CCN(CCCC(=O)NCCCCC(NC(=O)CC[C@@H](C)[C@H]2CC[C@H]3[C@@H]4CC[C@@H]5C[C@H](O)CC[C@]5(C)[C@H]4C[C@H](O)[C@]23C)C(=O)O)C(=O)Oc2ccc3nc(C4=NC(C(=O)O)CS4)sc3c2)=C(C)C1=O. The zero-order valence-corrected chi connectivity index (χ0v) is 52.1. The first-order chi connectivity index (χ1) is 39.6. The molecule has 21 heteroatoms. The third kappa shape index (κ3) is 13.8. The van der Waals surface area contributed by atoms with Gasteiger partial charge in [0.15, 0.2) is 17.6 Å². The molecule has 84 heavy (non-hydrogen) atoms. The predicted octanol–water partition coefficient (Wildman–Crippen LogP) is 8.77. The fraction of sp³-hybridized carbons (Fsp3) is 0.683. The number of aliphatic imine (C=N–C) groups is 1. The Morgan fingerprint density at radius 3 is 2.31 bits per heavy atom. The highest BCUT2D eigenvalue weighted by atomic mass is 32.2. The number of carboxylic acids is 2. The standard InChI is InChI=1S/C63H88N6O13S2/c1-34(42-19-20-43-41-18-16-38-29-39(70)23-24-62(38,7)44(41)31-49(71)63(42,43)8)15-22-51(73)65-46(58(77)78)13-10-11-25-64-50(72)14-12-26-69(28-27-68(9)52(74)32-61(5,6)53-37(4)54(75)35(2)36(3)55(53)76)60(81)82-40-17-21-45-48(30-40)84-57(66-45)56-67-47(33-83-56)59(79)80/h17,21,30,34,38-39,41-44,46-47,49,70-71H,10-16,18-20,22-29,31-33H2,1-9H3,(H,64,72)(H,65,73)(H,77,78)(H,79,80)/t34-,38-,39-,41+,42-,43+,44+,46?,47?,49+,62+,63-/m1/s1. The normalized spacial score (nSPS) is 28.4. The number of carbonyl (C=O) groups excluding carboxylic acids is 6. The molecule has 8 rings (SSSR count). The lowest BCUT2D eigenvalue weighted by atomic mass is 9.43. The number of ketones is 2. The Kier molecular flexibility index (Phi) is 20.4. The molecule has 460 valence electrons. The largest absolute Gasteiger partial charge is 0.480 e. The summed E-state index contributed by atoms with van der Waals surface area (Å²) in [6, 6.07) is 3.00. The van der Waals surface area contributed by atoms with Gasteiger partial charge in [0.2, 0.25) is 17.7 Å². The van der Waals surface area contributed by atoms with E-state index in [1.807, 2.05) is 0 Å². The van der Waals surface area contributed by atoms with Crippen LogP contribution in [0.3, 0.4) is 0 Å². The van der Waals surface area contributed by atoms with Crippen LogP contribution in [0.25, 0.3) is 10.2 Å². The van der Waals surface area contributed by atoms with Gasteiger partial charge in [0, 0.05) is 92.0 Å². The minimum Gasteiger partial charge on any atom is -0.480 e. The van der Waals surface area contributed by atoms with E-state index < -0.39 is 41.6 Å². The van der Waals surface area contributed by atoms with E-state index in [4.69, 9.17) is 4.74 Å². The predicted molar refractivity (Wildman–Crippen MR) is 321 cm³/mol. The molecule has 4 amide bonds. The van der Waals surface area contributed by atoms with Crippen molar-refractivity contribution < 1.29 is 63.5 Å². The topological polar surface area (TPSA) is 282 Å². The molecule has 6 aliphatic rings. The molecule has 6 N–H and O–H groups in total. The first-order valence-corrected chi connectivity index (χ1v) is 32.1. The summed E-state index contributed by atoms with van der Waals surface area (Å²) in [7, 11) is 1.59. The average molecular weight is 1200 g/mol. The molecule has 4 fully saturated rings. The van der Waals surface area contributed by atoms with Crippen molar-refractivity contribution in [2.75, 3.05) is 39.0 Å².